The van der Waals surface area contributed by atoms with Crippen LogP contribution in [-0.4, -0.2) is 39.1 Å². The first kappa shape index (κ1) is 22.1. The van der Waals surface area contributed by atoms with E-state index in [1.54, 1.807) is 0 Å². The first-order chi connectivity index (χ1) is 11.7. The molecule has 1 N–H and O–H groups in total. The van der Waals surface area contributed by atoms with Gasteiger partial charge in [-0.1, -0.05) is 71.6 Å². The molecule has 0 spiro atoms. The van der Waals surface area contributed by atoms with Gasteiger partial charge in [-0.3, -0.25) is 0 Å². The molecule has 1 fully saturated rings. The third-order valence-corrected chi connectivity index (χ3v) is 7.13. The maximum Gasteiger partial charge on any atom is 0.0942 e. The van der Waals surface area contributed by atoms with Crippen LogP contribution in [0.1, 0.15) is 90.9 Å². The minimum absolute atomic E-state index is 0.284. The fraction of sp³-hybridized carbons (Fsp3) is 1.00. The van der Waals surface area contributed by atoms with Crippen LogP contribution < -0.4 is 0 Å². The molecule has 0 aromatic carbocycles. The van der Waals surface area contributed by atoms with Gasteiger partial charge in [0.25, 0.3) is 0 Å². The highest BCUT2D eigenvalue weighted by Crippen LogP contribution is 2.25. The lowest BCUT2D eigenvalue weighted by molar-refractivity contribution is 0.148. The Labute approximate surface area is 153 Å². The molecule has 1 saturated heterocycles. The van der Waals surface area contributed by atoms with Crippen molar-refractivity contribution in [3.05, 3.63) is 0 Å². The van der Waals surface area contributed by atoms with Crippen LogP contribution in [0.5, 0.6) is 0 Å². The van der Waals surface area contributed by atoms with E-state index in [9.17, 15) is 9.32 Å². The first-order valence-corrected chi connectivity index (χ1v) is 11.7. The molecule has 24 heavy (non-hydrogen) atoms. The Morgan fingerprint density at radius 1 is 0.958 bits per heavy atom. The SMILES string of the molecule is CCCCCCCCCCCCS(=O)N1CCC(C(C)CO)CC1. The Bertz CT molecular complexity index is 317. The lowest BCUT2D eigenvalue weighted by atomic mass is 9.87. The second-order valence-corrected chi connectivity index (χ2v) is 9.20. The number of hydrogen-bond acceptors (Lipinski definition) is 2. The van der Waals surface area contributed by atoms with Gasteiger partial charge in [0.15, 0.2) is 0 Å². The van der Waals surface area contributed by atoms with E-state index in [4.69, 9.17) is 0 Å². The molecule has 0 aliphatic carbocycles. The molecule has 1 aliphatic heterocycles. The van der Waals surface area contributed by atoms with Crippen LogP contribution >= 0.6 is 0 Å². The highest BCUT2D eigenvalue weighted by atomic mass is 32.2. The molecule has 144 valence electrons. The van der Waals surface area contributed by atoms with Crippen molar-refractivity contribution in [1.82, 2.24) is 4.31 Å². The highest BCUT2D eigenvalue weighted by Gasteiger charge is 2.25. The van der Waals surface area contributed by atoms with Gasteiger partial charge >= 0.3 is 0 Å². The van der Waals surface area contributed by atoms with E-state index >= 15 is 0 Å². The van der Waals surface area contributed by atoms with Crippen molar-refractivity contribution in [1.29, 1.82) is 0 Å². The molecule has 3 nitrogen and oxygen atoms in total. The van der Waals surface area contributed by atoms with Gasteiger partial charge in [0.05, 0.1) is 11.0 Å². The van der Waals surface area contributed by atoms with E-state index < -0.39 is 11.0 Å². The molecule has 1 rings (SSSR count). The normalized spacial score (nSPS) is 19.5. The third kappa shape index (κ3) is 9.53. The van der Waals surface area contributed by atoms with Crippen LogP contribution in [0.4, 0.5) is 0 Å². The quantitative estimate of drug-likeness (QED) is 0.448. The predicted molar refractivity (Wildman–Crippen MR) is 105 cm³/mol. The maximum absolute atomic E-state index is 12.4. The molecular formula is C20H41NO2S. The van der Waals surface area contributed by atoms with Crippen LogP contribution in [0.15, 0.2) is 0 Å². The minimum Gasteiger partial charge on any atom is -0.396 e. The second kappa shape index (κ2) is 14.3. The highest BCUT2D eigenvalue weighted by molar-refractivity contribution is 7.82. The van der Waals surface area contributed by atoms with E-state index in [1.807, 2.05) is 0 Å². The molecule has 0 aromatic rings. The minimum atomic E-state index is -0.778. The summed E-state index contributed by atoms with van der Waals surface area (Å²) in [6.07, 6.45) is 15.5. The summed E-state index contributed by atoms with van der Waals surface area (Å²) < 4.78 is 14.5. The molecule has 1 aliphatic rings. The lowest BCUT2D eigenvalue weighted by Crippen LogP contribution is -2.38. The summed E-state index contributed by atoms with van der Waals surface area (Å²) >= 11 is 0. The zero-order valence-electron chi connectivity index (χ0n) is 16.2. The molecule has 0 radical (unpaired) electrons. The van der Waals surface area contributed by atoms with E-state index in [-0.39, 0.29) is 6.61 Å². The Morgan fingerprint density at radius 2 is 1.46 bits per heavy atom. The van der Waals surface area contributed by atoms with E-state index in [1.165, 1.54) is 57.8 Å². The fourth-order valence-corrected chi connectivity index (χ4v) is 4.97. The Morgan fingerprint density at radius 3 is 1.96 bits per heavy atom. The number of aliphatic hydroxyl groups excluding tert-OH is 1. The van der Waals surface area contributed by atoms with Crippen molar-refractivity contribution >= 4 is 11.0 Å². The molecule has 2 unspecified atom stereocenters. The van der Waals surface area contributed by atoms with Crippen LogP contribution in [0.2, 0.25) is 0 Å². The molecule has 2 atom stereocenters. The van der Waals surface area contributed by atoms with Crippen LogP contribution in [0.25, 0.3) is 0 Å². The molecule has 1 heterocycles. The average Bonchev–Trinajstić information content (AvgIpc) is 2.62. The average molecular weight is 360 g/mol. The number of nitrogens with zero attached hydrogens (tertiary/aromatic N) is 1. The first-order valence-electron chi connectivity index (χ1n) is 10.4. The van der Waals surface area contributed by atoms with Gasteiger partial charge in [-0.25, -0.2) is 8.51 Å². The van der Waals surface area contributed by atoms with Gasteiger partial charge in [0.1, 0.15) is 0 Å². The summed E-state index contributed by atoms with van der Waals surface area (Å²) in [7, 11) is -0.778. The largest absolute Gasteiger partial charge is 0.396 e. The summed E-state index contributed by atoms with van der Waals surface area (Å²) in [4.78, 5) is 0. The molecule has 4 heteroatoms. The topological polar surface area (TPSA) is 40.5 Å². The lowest BCUT2D eigenvalue weighted by Gasteiger charge is -2.33. The number of unbranched alkanes of at least 4 members (excludes halogenated alkanes) is 9. The number of piperidine rings is 1. The molecular weight excluding hydrogens is 318 g/mol. The summed E-state index contributed by atoms with van der Waals surface area (Å²) in [5, 5.41) is 9.25. The third-order valence-electron chi connectivity index (χ3n) is 5.55. The van der Waals surface area contributed by atoms with E-state index in [0.717, 1.165) is 38.1 Å². The summed E-state index contributed by atoms with van der Waals surface area (Å²) in [6, 6.07) is 0. The summed E-state index contributed by atoms with van der Waals surface area (Å²) in [6.45, 7) is 6.56. The van der Waals surface area contributed by atoms with Gasteiger partial charge in [0.2, 0.25) is 0 Å². The van der Waals surface area contributed by atoms with Gasteiger partial charge in [-0.15, -0.1) is 0 Å². The number of rotatable bonds is 14. The molecule has 0 bridgehead atoms. The Balaban J connectivity index is 1.95. The van der Waals surface area contributed by atoms with Crippen LogP contribution in [0, 0.1) is 11.8 Å². The second-order valence-electron chi connectivity index (χ2n) is 7.63. The summed E-state index contributed by atoms with van der Waals surface area (Å²) in [5.74, 6) is 1.85. The molecule has 0 saturated carbocycles. The number of hydrogen-bond donors (Lipinski definition) is 1. The van der Waals surface area contributed by atoms with Crippen LogP contribution in [-0.2, 0) is 11.0 Å². The van der Waals surface area contributed by atoms with Crippen molar-refractivity contribution in [3.63, 3.8) is 0 Å². The molecule has 0 amide bonds. The predicted octanol–water partition coefficient (Wildman–Crippen LogP) is 4.91. The molecule has 0 aromatic heterocycles. The smallest absolute Gasteiger partial charge is 0.0942 e. The Hall–Kier alpha value is 0.0700. The van der Waals surface area contributed by atoms with Crippen molar-refractivity contribution in [2.75, 3.05) is 25.4 Å². The Kier molecular flexibility index (Phi) is 13.1. The van der Waals surface area contributed by atoms with Gasteiger partial charge in [-0.05, 0) is 31.1 Å². The van der Waals surface area contributed by atoms with Crippen molar-refractivity contribution in [3.8, 4) is 0 Å². The van der Waals surface area contributed by atoms with E-state index in [0.29, 0.717) is 11.8 Å². The summed E-state index contributed by atoms with van der Waals surface area (Å²) in [5.41, 5.74) is 0. The monoisotopic (exact) mass is 359 g/mol. The zero-order chi connectivity index (χ0) is 17.6. The van der Waals surface area contributed by atoms with Crippen molar-refractivity contribution in [2.45, 2.75) is 90.9 Å². The van der Waals surface area contributed by atoms with E-state index in [2.05, 4.69) is 18.2 Å². The number of aliphatic hydroxyl groups is 1. The van der Waals surface area contributed by atoms with Gasteiger partial charge < -0.3 is 5.11 Å². The van der Waals surface area contributed by atoms with Gasteiger partial charge in [0, 0.05) is 25.4 Å². The van der Waals surface area contributed by atoms with Crippen molar-refractivity contribution < 1.29 is 9.32 Å². The van der Waals surface area contributed by atoms with Crippen molar-refractivity contribution in [2.24, 2.45) is 11.8 Å². The maximum atomic E-state index is 12.4. The standard InChI is InChI=1S/C20H41NO2S/c1-3-4-5-6-7-8-9-10-11-12-17-24(23)21-15-13-20(14-16-21)19(2)18-22/h19-20,22H,3-18H2,1-2H3. The fourth-order valence-electron chi connectivity index (χ4n) is 3.64. The van der Waals surface area contributed by atoms with Crippen LogP contribution in [0.3, 0.4) is 0 Å². The van der Waals surface area contributed by atoms with Gasteiger partial charge in [-0.2, -0.15) is 0 Å². The zero-order valence-corrected chi connectivity index (χ0v) is 17.0.